The van der Waals surface area contributed by atoms with E-state index in [1.807, 2.05) is 0 Å². The highest BCUT2D eigenvalue weighted by atomic mass is 16.5. The van der Waals surface area contributed by atoms with Crippen LogP contribution in [-0.4, -0.2) is 74.9 Å². The smallest absolute Gasteiger partial charge is 0.127 e. The molecule has 0 spiro atoms. The van der Waals surface area contributed by atoms with Gasteiger partial charge in [0.25, 0.3) is 0 Å². The molecule has 2 rings (SSSR count). The Hall–Kier alpha value is -0.200. The zero-order chi connectivity index (χ0) is 16.9. The molecule has 23 heavy (non-hydrogen) atoms. The Kier molecular flexibility index (Phi) is 7.29. The maximum absolute atomic E-state index is 10.3. The van der Waals surface area contributed by atoms with Crippen LogP contribution in [-0.2, 0) is 4.74 Å². The maximum atomic E-state index is 10.3. The predicted octanol–water partition coefficient (Wildman–Crippen LogP) is -1.65. The van der Waals surface area contributed by atoms with Crippen LogP contribution in [0.2, 0.25) is 0 Å². The van der Waals surface area contributed by atoms with E-state index < -0.39 is 0 Å². The van der Waals surface area contributed by atoms with E-state index in [9.17, 15) is 5.11 Å². The molecule has 1 saturated heterocycles. The monoisotopic (exact) mass is 330 g/mol. The fourth-order valence-corrected chi connectivity index (χ4v) is 4.59. The van der Waals surface area contributed by atoms with Gasteiger partial charge in [-0.15, -0.1) is 0 Å². The molecule has 2 aliphatic rings. The molecule has 0 unspecified atom stereocenters. The summed E-state index contributed by atoms with van der Waals surface area (Å²) in [4.78, 5) is 2.96. The third-order valence-corrected chi connectivity index (χ3v) is 5.52. The summed E-state index contributed by atoms with van der Waals surface area (Å²) >= 11 is 0. The molecule has 5 heteroatoms. The first-order valence-electron chi connectivity index (χ1n) is 9.45. The van der Waals surface area contributed by atoms with Crippen molar-refractivity contribution in [2.24, 2.45) is 11.3 Å². The van der Waals surface area contributed by atoms with Crippen molar-refractivity contribution in [2.75, 3.05) is 52.5 Å². The van der Waals surface area contributed by atoms with E-state index in [-0.39, 0.29) is 12.7 Å². The first-order chi connectivity index (χ1) is 10.9. The van der Waals surface area contributed by atoms with Gasteiger partial charge in [0.2, 0.25) is 0 Å². The van der Waals surface area contributed by atoms with Gasteiger partial charge < -0.3 is 24.7 Å². The fourth-order valence-electron chi connectivity index (χ4n) is 4.59. The fraction of sp³-hybridized carbons (Fsp3) is 1.00. The number of nitrogens with one attached hydrogen (secondary N) is 2. The average Bonchev–Trinajstić information content (AvgIpc) is 2.45. The first kappa shape index (κ1) is 19.1. The van der Waals surface area contributed by atoms with Gasteiger partial charge in [0.1, 0.15) is 45.4 Å². The van der Waals surface area contributed by atoms with Crippen molar-refractivity contribution in [1.82, 2.24) is 0 Å². The lowest BCUT2D eigenvalue weighted by atomic mass is 9.71. The van der Waals surface area contributed by atoms with Crippen LogP contribution in [0.4, 0.5) is 0 Å². The van der Waals surface area contributed by atoms with Gasteiger partial charge in [-0.25, -0.2) is 0 Å². The SMILES string of the molecule is C[C@H]1C[C@@H](OC[C@H](O)C[NH+]2CC[NH+](CCO)CC2)CC(C)(C)C1. The topological polar surface area (TPSA) is 58.6 Å². The second kappa shape index (κ2) is 8.77. The van der Waals surface area contributed by atoms with E-state index in [4.69, 9.17) is 9.84 Å². The summed E-state index contributed by atoms with van der Waals surface area (Å²) in [5, 5.41) is 19.3. The lowest BCUT2D eigenvalue weighted by Crippen LogP contribution is -3.28. The Morgan fingerprint density at radius 1 is 1.13 bits per heavy atom. The van der Waals surface area contributed by atoms with Gasteiger partial charge in [-0.2, -0.15) is 0 Å². The number of hydrogen-bond donors (Lipinski definition) is 4. The van der Waals surface area contributed by atoms with Crippen molar-refractivity contribution >= 4 is 0 Å². The number of aliphatic hydroxyl groups excluding tert-OH is 2. The van der Waals surface area contributed by atoms with Gasteiger partial charge in [0, 0.05) is 0 Å². The van der Waals surface area contributed by atoms with Gasteiger partial charge >= 0.3 is 0 Å². The summed E-state index contributed by atoms with van der Waals surface area (Å²) in [6.45, 7) is 13.7. The second-order valence-corrected chi connectivity index (χ2v) is 8.70. The van der Waals surface area contributed by atoms with Crippen molar-refractivity contribution < 1.29 is 24.7 Å². The van der Waals surface area contributed by atoms with Crippen LogP contribution in [0, 0.1) is 11.3 Å². The van der Waals surface area contributed by atoms with Crippen LogP contribution >= 0.6 is 0 Å². The Bertz CT molecular complexity index is 343. The van der Waals surface area contributed by atoms with Gasteiger partial charge in [0.05, 0.1) is 19.3 Å². The molecule has 0 aromatic heterocycles. The molecular weight excluding hydrogens is 292 g/mol. The Labute approximate surface area is 141 Å². The normalized spacial score (nSPS) is 35.9. The number of ether oxygens (including phenoxy) is 1. The minimum atomic E-state index is -0.357. The molecule has 1 aliphatic carbocycles. The summed E-state index contributed by atoms with van der Waals surface area (Å²) in [5.41, 5.74) is 0.365. The quantitative estimate of drug-likeness (QED) is 0.453. The number of hydrogen-bond acceptors (Lipinski definition) is 3. The predicted molar refractivity (Wildman–Crippen MR) is 90.8 cm³/mol. The molecule has 0 aromatic carbocycles. The average molecular weight is 331 g/mol. The van der Waals surface area contributed by atoms with E-state index in [0.717, 1.165) is 52.1 Å². The molecule has 3 atom stereocenters. The van der Waals surface area contributed by atoms with Crippen LogP contribution in [0.25, 0.3) is 0 Å². The number of piperazine rings is 1. The van der Waals surface area contributed by atoms with Gasteiger partial charge in [-0.1, -0.05) is 20.8 Å². The third-order valence-electron chi connectivity index (χ3n) is 5.52. The highest BCUT2D eigenvalue weighted by molar-refractivity contribution is 4.83. The molecule has 4 N–H and O–H groups in total. The van der Waals surface area contributed by atoms with Crippen molar-refractivity contribution in [3.8, 4) is 0 Å². The Morgan fingerprint density at radius 2 is 1.78 bits per heavy atom. The minimum Gasteiger partial charge on any atom is -0.391 e. The van der Waals surface area contributed by atoms with Crippen LogP contribution in [0.15, 0.2) is 0 Å². The van der Waals surface area contributed by atoms with Crippen molar-refractivity contribution in [1.29, 1.82) is 0 Å². The number of quaternary nitrogens is 2. The molecule has 1 saturated carbocycles. The van der Waals surface area contributed by atoms with E-state index in [2.05, 4.69) is 20.8 Å². The molecule has 0 aromatic rings. The largest absolute Gasteiger partial charge is 0.391 e. The highest BCUT2D eigenvalue weighted by Crippen LogP contribution is 2.39. The van der Waals surface area contributed by atoms with Crippen LogP contribution < -0.4 is 9.80 Å². The van der Waals surface area contributed by atoms with Gasteiger partial charge in [-0.3, -0.25) is 0 Å². The number of rotatable bonds is 7. The van der Waals surface area contributed by atoms with Crippen molar-refractivity contribution in [3.63, 3.8) is 0 Å². The van der Waals surface area contributed by atoms with Gasteiger partial charge in [0.15, 0.2) is 0 Å². The second-order valence-electron chi connectivity index (χ2n) is 8.70. The molecule has 5 nitrogen and oxygen atoms in total. The molecule has 0 amide bonds. The maximum Gasteiger partial charge on any atom is 0.127 e. The van der Waals surface area contributed by atoms with Crippen molar-refractivity contribution in [2.45, 2.75) is 52.2 Å². The first-order valence-corrected chi connectivity index (χ1v) is 9.45. The summed E-state index contributed by atoms with van der Waals surface area (Å²) in [5.74, 6) is 0.717. The van der Waals surface area contributed by atoms with Crippen LogP contribution in [0.5, 0.6) is 0 Å². The molecule has 1 aliphatic heterocycles. The zero-order valence-electron chi connectivity index (χ0n) is 15.3. The molecule has 0 radical (unpaired) electrons. The lowest BCUT2D eigenvalue weighted by molar-refractivity contribution is -1.01. The van der Waals surface area contributed by atoms with Gasteiger partial charge in [-0.05, 0) is 30.6 Å². The summed E-state index contributed by atoms with van der Waals surface area (Å²) < 4.78 is 6.05. The molecule has 1 heterocycles. The van der Waals surface area contributed by atoms with E-state index in [0.29, 0.717) is 24.0 Å². The molecule has 0 bridgehead atoms. The van der Waals surface area contributed by atoms with Crippen LogP contribution in [0.1, 0.15) is 40.0 Å². The zero-order valence-corrected chi connectivity index (χ0v) is 15.3. The lowest BCUT2D eigenvalue weighted by Gasteiger charge is -2.39. The van der Waals surface area contributed by atoms with Crippen molar-refractivity contribution in [3.05, 3.63) is 0 Å². The van der Waals surface area contributed by atoms with E-state index >= 15 is 0 Å². The Morgan fingerprint density at radius 3 is 2.39 bits per heavy atom. The Balaban J connectivity index is 1.64. The third kappa shape index (κ3) is 6.67. The molecule has 2 fully saturated rings. The molecular formula is C18H38N2O3+2. The summed E-state index contributed by atoms with van der Waals surface area (Å²) in [7, 11) is 0. The summed E-state index contributed by atoms with van der Waals surface area (Å²) in [6.07, 6.45) is 3.47. The highest BCUT2D eigenvalue weighted by Gasteiger charge is 2.33. The van der Waals surface area contributed by atoms with E-state index in [1.165, 1.54) is 16.2 Å². The van der Waals surface area contributed by atoms with E-state index in [1.54, 1.807) is 0 Å². The molecule has 136 valence electrons. The summed E-state index contributed by atoms with van der Waals surface area (Å²) in [6, 6.07) is 0. The minimum absolute atomic E-state index is 0.275. The van der Waals surface area contributed by atoms with Crippen LogP contribution in [0.3, 0.4) is 0 Å². The number of aliphatic hydroxyl groups is 2. The standard InChI is InChI=1S/C18H36N2O3/c1-15-10-17(12-18(2,3)11-15)23-14-16(22)13-20-6-4-19(5-7-20)8-9-21/h15-17,21-22H,4-14H2,1-3H3/p+2/t15-,16+,17+/m0/s1.